The van der Waals surface area contributed by atoms with Crippen LogP contribution in [0.5, 0.6) is 5.75 Å². The van der Waals surface area contributed by atoms with Gasteiger partial charge in [-0.25, -0.2) is 0 Å². The second-order valence-electron chi connectivity index (χ2n) is 3.59. The van der Waals surface area contributed by atoms with Gasteiger partial charge in [-0.15, -0.1) is 0 Å². The van der Waals surface area contributed by atoms with Crippen molar-refractivity contribution in [1.29, 1.82) is 0 Å². The summed E-state index contributed by atoms with van der Waals surface area (Å²) in [7, 11) is 1.61. The van der Waals surface area contributed by atoms with Gasteiger partial charge in [-0.2, -0.15) is 0 Å². The third kappa shape index (κ3) is 3.00. The second kappa shape index (κ2) is 4.86. The molecule has 0 spiro atoms. The molecule has 0 saturated heterocycles. The summed E-state index contributed by atoms with van der Waals surface area (Å²) in [4.78, 5) is 0. The van der Waals surface area contributed by atoms with Gasteiger partial charge in [-0.05, 0) is 25.0 Å². The number of ether oxygens (including phenoxy) is 2. The lowest BCUT2D eigenvalue weighted by Crippen LogP contribution is -2.00. The van der Waals surface area contributed by atoms with Crippen LogP contribution in [-0.2, 0) is 4.74 Å². The summed E-state index contributed by atoms with van der Waals surface area (Å²) in [5.41, 5.74) is 0.946. The summed E-state index contributed by atoms with van der Waals surface area (Å²) >= 11 is 0. The van der Waals surface area contributed by atoms with E-state index in [0.29, 0.717) is 5.92 Å². The summed E-state index contributed by atoms with van der Waals surface area (Å²) in [5, 5.41) is 0. The maximum absolute atomic E-state index is 5.41. The van der Waals surface area contributed by atoms with Crippen LogP contribution in [0.25, 0.3) is 0 Å². The zero-order valence-electron chi connectivity index (χ0n) is 8.82. The topological polar surface area (TPSA) is 18.5 Å². The van der Waals surface area contributed by atoms with Gasteiger partial charge in [0, 0.05) is 13.0 Å². The van der Waals surface area contributed by atoms with E-state index in [4.69, 9.17) is 9.47 Å². The summed E-state index contributed by atoms with van der Waals surface area (Å²) in [6.45, 7) is 0.266. The molecule has 1 aromatic rings. The molecule has 1 aliphatic carbocycles. The minimum Gasteiger partial charge on any atom is -0.466 e. The van der Waals surface area contributed by atoms with E-state index >= 15 is 0 Å². The van der Waals surface area contributed by atoms with Gasteiger partial charge in [0.1, 0.15) is 5.75 Å². The standard InChI is InChI=1S/C13H14O2/c1-14-10-15-13-5-3-2-4-12(13)9-8-11-6-7-11/h2-5,11H,6-7,10H2,1H3. The van der Waals surface area contributed by atoms with Crippen molar-refractivity contribution in [2.75, 3.05) is 13.9 Å². The first-order valence-electron chi connectivity index (χ1n) is 5.12. The highest BCUT2D eigenvalue weighted by molar-refractivity contribution is 5.46. The zero-order valence-corrected chi connectivity index (χ0v) is 8.82. The molecule has 1 aliphatic rings. The molecule has 1 saturated carbocycles. The van der Waals surface area contributed by atoms with Crippen molar-refractivity contribution in [2.24, 2.45) is 5.92 Å². The van der Waals surface area contributed by atoms with E-state index in [1.807, 2.05) is 24.3 Å². The zero-order chi connectivity index (χ0) is 10.5. The van der Waals surface area contributed by atoms with Crippen LogP contribution < -0.4 is 4.74 Å². The SMILES string of the molecule is COCOc1ccccc1C#CC1CC1. The Kier molecular flexibility index (Phi) is 3.26. The lowest BCUT2D eigenvalue weighted by atomic mass is 10.2. The molecule has 2 rings (SSSR count). The summed E-state index contributed by atoms with van der Waals surface area (Å²) in [5.74, 6) is 7.78. The van der Waals surface area contributed by atoms with E-state index in [1.165, 1.54) is 12.8 Å². The number of para-hydroxylation sites is 1. The molecule has 2 heteroatoms. The summed E-state index contributed by atoms with van der Waals surface area (Å²) in [6, 6.07) is 7.79. The Balaban J connectivity index is 2.10. The Hall–Kier alpha value is -1.46. The molecule has 0 bridgehead atoms. The number of rotatable bonds is 3. The highest BCUT2D eigenvalue weighted by Gasteiger charge is 2.17. The van der Waals surface area contributed by atoms with Crippen molar-refractivity contribution >= 4 is 0 Å². The van der Waals surface area contributed by atoms with E-state index in [0.717, 1.165) is 11.3 Å². The van der Waals surface area contributed by atoms with Gasteiger partial charge in [0.05, 0.1) is 5.56 Å². The van der Waals surface area contributed by atoms with Gasteiger partial charge in [-0.3, -0.25) is 0 Å². The normalized spacial score (nSPS) is 14.2. The van der Waals surface area contributed by atoms with E-state index in [1.54, 1.807) is 7.11 Å². The molecule has 0 amide bonds. The first-order valence-corrected chi connectivity index (χ1v) is 5.12. The van der Waals surface area contributed by atoms with Crippen molar-refractivity contribution in [2.45, 2.75) is 12.8 Å². The molecule has 0 aliphatic heterocycles. The fraction of sp³-hybridized carbons (Fsp3) is 0.385. The molecule has 78 valence electrons. The van der Waals surface area contributed by atoms with E-state index in [-0.39, 0.29) is 6.79 Å². The van der Waals surface area contributed by atoms with Gasteiger partial charge < -0.3 is 9.47 Å². The van der Waals surface area contributed by atoms with Gasteiger partial charge in [0.2, 0.25) is 0 Å². The quantitative estimate of drug-likeness (QED) is 0.553. The number of hydrogen-bond acceptors (Lipinski definition) is 2. The van der Waals surface area contributed by atoms with E-state index < -0.39 is 0 Å². The number of hydrogen-bond donors (Lipinski definition) is 0. The van der Waals surface area contributed by atoms with Crippen LogP contribution in [0, 0.1) is 17.8 Å². The predicted octanol–water partition coefficient (Wildman–Crippen LogP) is 2.43. The third-order valence-corrected chi connectivity index (χ3v) is 2.21. The Morgan fingerprint density at radius 3 is 2.87 bits per heavy atom. The monoisotopic (exact) mass is 202 g/mol. The molecule has 0 heterocycles. The Morgan fingerprint density at radius 1 is 1.33 bits per heavy atom. The third-order valence-electron chi connectivity index (χ3n) is 2.21. The van der Waals surface area contributed by atoms with Crippen LogP contribution in [0.3, 0.4) is 0 Å². The van der Waals surface area contributed by atoms with Crippen molar-refractivity contribution in [3.8, 4) is 17.6 Å². The Labute approximate surface area is 90.2 Å². The Morgan fingerprint density at radius 2 is 2.13 bits per heavy atom. The fourth-order valence-corrected chi connectivity index (χ4v) is 1.23. The van der Waals surface area contributed by atoms with Crippen LogP contribution in [0.2, 0.25) is 0 Å². The minimum atomic E-state index is 0.266. The summed E-state index contributed by atoms with van der Waals surface area (Å²) in [6.07, 6.45) is 2.49. The smallest absolute Gasteiger partial charge is 0.188 e. The van der Waals surface area contributed by atoms with Gasteiger partial charge in [0.25, 0.3) is 0 Å². The van der Waals surface area contributed by atoms with Gasteiger partial charge in [-0.1, -0.05) is 24.0 Å². The molecule has 2 nitrogen and oxygen atoms in total. The lowest BCUT2D eigenvalue weighted by Gasteiger charge is -2.05. The molecular weight excluding hydrogens is 188 g/mol. The van der Waals surface area contributed by atoms with Crippen molar-refractivity contribution < 1.29 is 9.47 Å². The van der Waals surface area contributed by atoms with Gasteiger partial charge in [0.15, 0.2) is 6.79 Å². The van der Waals surface area contributed by atoms with E-state index in [2.05, 4.69) is 11.8 Å². The summed E-state index contributed by atoms with van der Waals surface area (Å²) < 4.78 is 10.3. The highest BCUT2D eigenvalue weighted by Crippen LogP contribution is 2.28. The van der Waals surface area contributed by atoms with Crippen molar-refractivity contribution in [1.82, 2.24) is 0 Å². The molecule has 1 fully saturated rings. The minimum absolute atomic E-state index is 0.266. The first kappa shape index (κ1) is 10.1. The highest BCUT2D eigenvalue weighted by atomic mass is 16.7. The number of benzene rings is 1. The van der Waals surface area contributed by atoms with Crippen LogP contribution in [0.15, 0.2) is 24.3 Å². The van der Waals surface area contributed by atoms with Crippen LogP contribution in [0.1, 0.15) is 18.4 Å². The Bertz CT molecular complexity index is 383. The molecule has 0 unspecified atom stereocenters. The second-order valence-corrected chi connectivity index (χ2v) is 3.59. The largest absolute Gasteiger partial charge is 0.466 e. The van der Waals surface area contributed by atoms with Crippen LogP contribution >= 0.6 is 0 Å². The lowest BCUT2D eigenvalue weighted by molar-refractivity contribution is 0.0509. The van der Waals surface area contributed by atoms with Crippen molar-refractivity contribution in [3.05, 3.63) is 29.8 Å². The average molecular weight is 202 g/mol. The molecule has 0 atom stereocenters. The maximum atomic E-state index is 5.41. The fourth-order valence-electron chi connectivity index (χ4n) is 1.23. The van der Waals surface area contributed by atoms with Crippen LogP contribution in [-0.4, -0.2) is 13.9 Å². The van der Waals surface area contributed by atoms with E-state index in [9.17, 15) is 0 Å². The molecule has 0 radical (unpaired) electrons. The number of methoxy groups -OCH3 is 1. The molecule has 0 N–H and O–H groups in total. The van der Waals surface area contributed by atoms with Gasteiger partial charge >= 0.3 is 0 Å². The van der Waals surface area contributed by atoms with Crippen molar-refractivity contribution in [3.63, 3.8) is 0 Å². The maximum Gasteiger partial charge on any atom is 0.188 e. The molecule has 15 heavy (non-hydrogen) atoms. The predicted molar refractivity (Wildman–Crippen MR) is 58.5 cm³/mol. The molecule has 0 aromatic heterocycles. The molecular formula is C13H14O2. The first-order chi connectivity index (χ1) is 7.40. The molecule has 1 aromatic carbocycles. The average Bonchev–Trinajstić information content (AvgIpc) is 3.08. The van der Waals surface area contributed by atoms with Crippen LogP contribution in [0.4, 0.5) is 0 Å².